The molecule has 1 aliphatic heterocycles. The van der Waals surface area contributed by atoms with E-state index in [-0.39, 0.29) is 0 Å². The van der Waals surface area contributed by atoms with Crippen molar-refractivity contribution in [3.8, 4) is 0 Å². The van der Waals surface area contributed by atoms with Crippen LogP contribution in [0.3, 0.4) is 0 Å². The van der Waals surface area contributed by atoms with Crippen molar-refractivity contribution in [3.05, 3.63) is 29.3 Å². The van der Waals surface area contributed by atoms with Crippen LogP contribution in [-0.4, -0.2) is 25.7 Å². The Morgan fingerprint density at radius 1 is 1.18 bits per heavy atom. The second-order valence-electron chi connectivity index (χ2n) is 5.46. The van der Waals surface area contributed by atoms with E-state index in [4.69, 9.17) is 0 Å². The fraction of sp³-hybridized carbons (Fsp3) is 0.600. The molecule has 1 fully saturated rings. The third-order valence-electron chi connectivity index (χ3n) is 4.04. The van der Waals surface area contributed by atoms with Crippen LogP contribution >= 0.6 is 0 Å². The molecule has 3 rings (SSSR count). The lowest BCUT2D eigenvalue weighted by atomic mass is 10.1. The molecule has 2 aliphatic rings. The second kappa shape index (κ2) is 4.69. The van der Waals surface area contributed by atoms with Crippen molar-refractivity contribution in [2.45, 2.75) is 38.6 Å². The van der Waals surface area contributed by atoms with Gasteiger partial charge in [-0.25, -0.2) is 0 Å². The molecule has 0 saturated carbocycles. The van der Waals surface area contributed by atoms with Crippen molar-refractivity contribution in [2.24, 2.45) is 0 Å². The average molecular weight is 230 g/mol. The maximum atomic E-state index is 3.55. The zero-order valence-electron chi connectivity index (χ0n) is 10.7. The molecule has 17 heavy (non-hydrogen) atoms. The number of nitrogens with one attached hydrogen (secondary N) is 1. The Labute approximate surface area is 104 Å². The van der Waals surface area contributed by atoms with Gasteiger partial charge in [0.15, 0.2) is 0 Å². The molecule has 1 atom stereocenters. The lowest BCUT2D eigenvalue weighted by Gasteiger charge is -2.25. The normalized spacial score (nSPS) is 24.5. The zero-order chi connectivity index (χ0) is 11.7. The fourth-order valence-electron chi connectivity index (χ4n) is 3.09. The number of hydrogen-bond acceptors (Lipinski definition) is 2. The molecule has 0 amide bonds. The Kier molecular flexibility index (Phi) is 3.06. The summed E-state index contributed by atoms with van der Waals surface area (Å²) in [4.78, 5) is 2.54. The maximum Gasteiger partial charge on any atom is 0.0369 e. The molecule has 1 aromatic carbocycles. The van der Waals surface area contributed by atoms with Gasteiger partial charge in [0.1, 0.15) is 0 Å². The van der Waals surface area contributed by atoms with Crippen LogP contribution in [-0.2, 0) is 12.8 Å². The van der Waals surface area contributed by atoms with Gasteiger partial charge in [0.05, 0.1) is 0 Å². The van der Waals surface area contributed by atoms with Gasteiger partial charge in [-0.2, -0.15) is 0 Å². The highest BCUT2D eigenvalue weighted by atomic mass is 15.2. The van der Waals surface area contributed by atoms with Gasteiger partial charge in [0.25, 0.3) is 0 Å². The van der Waals surface area contributed by atoms with Crippen LogP contribution < -0.4 is 10.2 Å². The fourth-order valence-corrected chi connectivity index (χ4v) is 3.09. The lowest BCUT2D eigenvalue weighted by molar-refractivity contribution is 0.585. The topological polar surface area (TPSA) is 15.3 Å². The van der Waals surface area contributed by atoms with E-state index < -0.39 is 0 Å². The summed E-state index contributed by atoms with van der Waals surface area (Å²) < 4.78 is 0. The molecular weight excluding hydrogens is 208 g/mol. The van der Waals surface area contributed by atoms with Crippen LogP contribution in [0, 0.1) is 0 Å². The highest BCUT2D eigenvalue weighted by Crippen LogP contribution is 2.27. The SMILES string of the molecule is CC1CN(c2ccc3c(c2)CCC3)CCCN1. The predicted octanol–water partition coefficient (Wildman–Crippen LogP) is 2.36. The first-order valence-electron chi connectivity index (χ1n) is 6.93. The van der Waals surface area contributed by atoms with E-state index in [1.54, 1.807) is 11.1 Å². The molecular formula is C15H22N2. The van der Waals surface area contributed by atoms with Crippen molar-refractivity contribution in [1.82, 2.24) is 5.32 Å². The third-order valence-corrected chi connectivity index (χ3v) is 4.04. The Morgan fingerprint density at radius 3 is 3.00 bits per heavy atom. The molecule has 0 spiro atoms. The Bertz CT molecular complexity index is 400. The summed E-state index contributed by atoms with van der Waals surface area (Å²) in [6, 6.07) is 7.70. The number of benzene rings is 1. The largest absolute Gasteiger partial charge is 0.370 e. The monoisotopic (exact) mass is 230 g/mol. The van der Waals surface area contributed by atoms with E-state index in [0.29, 0.717) is 6.04 Å². The van der Waals surface area contributed by atoms with Crippen molar-refractivity contribution < 1.29 is 0 Å². The van der Waals surface area contributed by atoms with Crippen LogP contribution in [0.5, 0.6) is 0 Å². The molecule has 0 radical (unpaired) electrons. The smallest absolute Gasteiger partial charge is 0.0369 e. The Balaban J connectivity index is 1.82. The first-order chi connectivity index (χ1) is 8.33. The van der Waals surface area contributed by atoms with E-state index in [0.717, 1.165) is 13.1 Å². The summed E-state index contributed by atoms with van der Waals surface area (Å²) >= 11 is 0. The summed E-state index contributed by atoms with van der Waals surface area (Å²) in [6.07, 6.45) is 5.16. The standard InChI is InChI=1S/C15H22N2/c1-12-11-17(9-3-8-16-12)15-7-6-13-4-2-5-14(13)10-15/h6-7,10,12,16H,2-5,8-9,11H2,1H3. The molecule has 0 bridgehead atoms. The van der Waals surface area contributed by atoms with E-state index in [9.17, 15) is 0 Å². The highest BCUT2D eigenvalue weighted by Gasteiger charge is 2.17. The number of nitrogens with zero attached hydrogens (tertiary/aromatic N) is 1. The van der Waals surface area contributed by atoms with Gasteiger partial charge < -0.3 is 10.2 Å². The summed E-state index contributed by atoms with van der Waals surface area (Å²) in [5, 5.41) is 3.55. The van der Waals surface area contributed by atoms with Gasteiger partial charge in [-0.05, 0) is 62.4 Å². The zero-order valence-corrected chi connectivity index (χ0v) is 10.7. The molecule has 92 valence electrons. The summed E-state index contributed by atoms with van der Waals surface area (Å²) in [7, 11) is 0. The van der Waals surface area contributed by atoms with Crippen LogP contribution in [0.1, 0.15) is 30.9 Å². The van der Waals surface area contributed by atoms with E-state index in [2.05, 4.69) is 35.3 Å². The number of aryl methyl sites for hydroxylation is 2. The van der Waals surface area contributed by atoms with Crippen LogP contribution in [0.15, 0.2) is 18.2 Å². The minimum atomic E-state index is 0.603. The molecule has 1 unspecified atom stereocenters. The first-order valence-corrected chi connectivity index (χ1v) is 6.93. The number of anilines is 1. The number of fused-ring (bicyclic) bond motifs is 1. The second-order valence-corrected chi connectivity index (χ2v) is 5.46. The van der Waals surface area contributed by atoms with Gasteiger partial charge in [-0.15, -0.1) is 0 Å². The molecule has 2 heteroatoms. The van der Waals surface area contributed by atoms with Crippen molar-refractivity contribution in [3.63, 3.8) is 0 Å². The third kappa shape index (κ3) is 2.32. The summed E-state index contributed by atoms with van der Waals surface area (Å²) in [5.74, 6) is 0. The molecule has 0 aromatic heterocycles. The van der Waals surface area contributed by atoms with E-state index in [1.807, 2.05) is 0 Å². The Hall–Kier alpha value is -1.02. The maximum absolute atomic E-state index is 3.55. The highest BCUT2D eigenvalue weighted by molar-refractivity contribution is 5.52. The molecule has 2 nitrogen and oxygen atoms in total. The average Bonchev–Trinajstić information content (AvgIpc) is 2.69. The van der Waals surface area contributed by atoms with Crippen LogP contribution in [0.4, 0.5) is 5.69 Å². The summed E-state index contributed by atoms with van der Waals surface area (Å²) in [5.41, 5.74) is 4.60. The van der Waals surface area contributed by atoms with Crippen molar-refractivity contribution in [1.29, 1.82) is 0 Å². The van der Waals surface area contributed by atoms with Gasteiger partial charge >= 0.3 is 0 Å². The molecule has 1 heterocycles. The van der Waals surface area contributed by atoms with E-state index >= 15 is 0 Å². The van der Waals surface area contributed by atoms with Crippen LogP contribution in [0.25, 0.3) is 0 Å². The van der Waals surface area contributed by atoms with Gasteiger partial charge in [0, 0.05) is 24.8 Å². The van der Waals surface area contributed by atoms with Crippen molar-refractivity contribution in [2.75, 3.05) is 24.5 Å². The molecule has 1 N–H and O–H groups in total. The minimum absolute atomic E-state index is 0.603. The minimum Gasteiger partial charge on any atom is -0.370 e. The molecule has 1 saturated heterocycles. The first kappa shape index (κ1) is 11.1. The van der Waals surface area contributed by atoms with Crippen LogP contribution in [0.2, 0.25) is 0 Å². The lowest BCUT2D eigenvalue weighted by Crippen LogP contribution is -2.35. The Morgan fingerprint density at radius 2 is 2.06 bits per heavy atom. The summed E-state index contributed by atoms with van der Waals surface area (Å²) in [6.45, 7) is 5.77. The number of rotatable bonds is 1. The van der Waals surface area contributed by atoms with Gasteiger partial charge in [0.2, 0.25) is 0 Å². The van der Waals surface area contributed by atoms with Gasteiger partial charge in [-0.3, -0.25) is 0 Å². The predicted molar refractivity (Wildman–Crippen MR) is 72.8 cm³/mol. The number of hydrogen-bond donors (Lipinski definition) is 1. The van der Waals surface area contributed by atoms with Gasteiger partial charge in [-0.1, -0.05) is 6.07 Å². The van der Waals surface area contributed by atoms with Crippen molar-refractivity contribution >= 4 is 5.69 Å². The van der Waals surface area contributed by atoms with E-state index in [1.165, 1.54) is 37.9 Å². The molecule has 1 aromatic rings. The quantitative estimate of drug-likeness (QED) is 0.797. The molecule has 1 aliphatic carbocycles.